The van der Waals surface area contributed by atoms with Crippen LogP contribution >= 0.6 is 0 Å². The van der Waals surface area contributed by atoms with Crippen molar-refractivity contribution in [1.82, 2.24) is 4.90 Å². The maximum absolute atomic E-state index is 4.15. The number of nitrogens with zero attached hydrogens (tertiary/aromatic N) is 2. The third kappa shape index (κ3) is 1.62. The van der Waals surface area contributed by atoms with Crippen molar-refractivity contribution >= 4 is 6.21 Å². The summed E-state index contributed by atoms with van der Waals surface area (Å²) < 4.78 is 0. The van der Waals surface area contributed by atoms with E-state index < -0.39 is 0 Å². The lowest BCUT2D eigenvalue weighted by molar-refractivity contribution is 0.386. The molecule has 0 saturated heterocycles. The monoisotopic (exact) mass is 112 g/mol. The van der Waals surface area contributed by atoms with E-state index in [0.29, 0.717) is 0 Å². The second-order valence-corrected chi connectivity index (χ2v) is 2.20. The first-order valence-corrected chi connectivity index (χ1v) is 3.06. The van der Waals surface area contributed by atoms with Crippen molar-refractivity contribution < 1.29 is 0 Å². The fourth-order valence-corrected chi connectivity index (χ4v) is 0.812. The van der Waals surface area contributed by atoms with Gasteiger partial charge in [-0.3, -0.25) is 4.99 Å². The lowest BCUT2D eigenvalue weighted by Crippen LogP contribution is -2.19. The SMILES string of the molecule is CN1CC=NCCC1. The second-order valence-electron chi connectivity index (χ2n) is 2.20. The Hall–Kier alpha value is -0.370. The predicted octanol–water partition coefficient (Wildman–Crippen LogP) is 0.393. The van der Waals surface area contributed by atoms with Gasteiger partial charge in [0.2, 0.25) is 0 Å². The van der Waals surface area contributed by atoms with E-state index in [9.17, 15) is 0 Å². The van der Waals surface area contributed by atoms with E-state index in [2.05, 4.69) is 16.9 Å². The summed E-state index contributed by atoms with van der Waals surface area (Å²) >= 11 is 0. The van der Waals surface area contributed by atoms with Crippen LogP contribution < -0.4 is 0 Å². The van der Waals surface area contributed by atoms with Crippen molar-refractivity contribution in [2.24, 2.45) is 4.99 Å². The molecule has 8 heavy (non-hydrogen) atoms. The van der Waals surface area contributed by atoms with Crippen LogP contribution in [0, 0.1) is 0 Å². The summed E-state index contributed by atoms with van der Waals surface area (Å²) in [4.78, 5) is 6.43. The normalized spacial score (nSPS) is 23.1. The van der Waals surface area contributed by atoms with Crippen molar-refractivity contribution in [3.63, 3.8) is 0 Å². The van der Waals surface area contributed by atoms with Crippen molar-refractivity contribution in [3.8, 4) is 0 Å². The molecule has 1 rings (SSSR count). The van der Waals surface area contributed by atoms with Gasteiger partial charge in [0.25, 0.3) is 0 Å². The summed E-state index contributed by atoms with van der Waals surface area (Å²) in [5.74, 6) is 0. The molecule has 1 heterocycles. The number of hydrogen-bond donors (Lipinski definition) is 0. The van der Waals surface area contributed by atoms with Crippen LogP contribution in [0.1, 0.15) is 6.42 Å². The Morgan fingerprint density at radius 2 is 2.50 bits per heavy atom. The van der Waals surface area contributed by atoms with E-state index in [1.54, 1.807) is 0 Å². The largest absolute Gasteiger partial charge is 0.301 e. The average molecular weight is 112 g/mol. The van der Waals surface area contributed by atoms with Gasteiger partial charge in [-0.1, -0.05) is 0 Å². The van der Waals surface area contributed by atoms with Gasteiger partial charge >= 0.3 is 0 Å². The number of aliphatic imine (C=N–C) groups is 1. The molecular formula is C6H12N2. The lowest BCUT2D eigenvalue weighted by atomic mass is 10.4. The zero-order chi connectivity index (χ0) is 5.82. The van der Waals surface area contributed by atoms with Crippen molar-refractivity contribution in [3.05, 3.63) is 0 Å². The predicted molar refractivity (Wildman–Crippen MR) is 35.5 cm³/mol. The Morgan fingerprint density at radius 3 is 3.38 bits per heavy atom. The van der Waals surface area contributed by atoms with E-state index in [0.717, 1.165) is 13.1 Å². The standard InChI is InChI=1S/C6H12N2/c1-8-5-2-3-7-4-6-8/h4H,2-3,5-6H2,1H3. The molecule has 0 amide bonds. The van der Waals surface area contributed by atoms with E-state index >= 15 is 0 Å². The Balaban J connectivity index is 2.30. The summed E-state index contributed by atoms with van der Waals surface area (Å²) in [6, 6.07) is 0. The molecule has 0 bridgehead atoms. The minimum Gasteiger partial charge on any atom is -0.301 e. The van der Waals surface area contributed by atoms with E-state index in [1.807, 2.05) is 6.21 Å². The molecular weight excluding hydrogens is 100 g/mol. The molecule has 0 aliphatic carbocycles. The van der Waals surface area contributed by atoms with Crippen molar-refractivity contribution in [2.75, 3.05) is 26.7 Å². The van der Waals surface area contributed by atoms with Crippen LogP contribution in [0.15, 0.2) is 4.99 Å². The van der Waals surface area contributed by atoms with Crippen LogP contribution in [-0.4, -0.2) is 37.8 Å². The van der Waals surface area contributed by atoms with Crippen molar-refractivity contribution in [2.45, 2.75) is 6.42 Å². The van der Waals surface area contributed by atoms with Gasteiger partial charge in [-0.2, -0.15) is 0 Å². The molecule has 0 fully saturated rings. The molecule has 0 aromatic rings. The number of hydrogen-bond acceptors (Lipinski definition) is 2. The topological polar surface area (TPSA) is 15.6 Å². The van der Waals surface area contributed by atoms with Crippen LogP contribution in [0.3, 0.4) is 0 Å². The van der Waals surface area contributed by atoms with Gasteiger partial charge in [-0.25, -0.2) is 0 Å². The molecule has 0 radical (unpaired) electrons. The Kier molecular flexibility index (Phi) is 2.03. The zero-order valence-corrected chi connectivity index (χ0v) is 5.30. The Morgan fingerprint density at radius 1 is 1.62 bits per heavy atom. The van der Waals surface area contributed by atoms with Gasteiger partial charge < -0.3 is 4.90 Å². The Labute approximate surface area is 50.2 Å². The van der Waals surface area contributed by atoms with E-state index in [-0.39, 0.29) is 0 Å². The zero-order valence-electron chi connectivity index (χ0n) is 5.30. The number of rotatable bonds is 0. The molecule has 0 spiro atoms. The first kappa shape index (κ1) is 5.76. The minimum atomic E-state index is 1.02. The summed E-state index contributed by atoms with van der Waals surface area (Å²) in [6.07, 6.45) is 3.21. The van der Waals surface area contributed by atoms with Crippen LogP contribution in [-0.2, 0) is 0 Å². The van der Waals surface area contributed by atoms with Gasteiger partial charge in [-0.05, 0) is 20.0 Å². The molecule has 0 atom stereocenters. The van der Waals surface area contributed by atoms with Crippen LogP contribution in [0.25, 0.3) is 0 Å². The highest BCUT2D eigenvalue weighted by Crippen LogP contribution is 1.90. The van der Waals surface area contributed by atoms with E-state index in [1.165, 1.54) is 13.0 Å². The molecule has 2 nitrogen and oxygen atoms in total. The molecule has 0 aromatic heterocycles. The third-order valence-electron chi connectivity index (χ3n) is 1.35. The average Bonchev–Trinajstić information content (AvgIpc) is 1.94. The summed E-state index contributed by atoms with van der Waals surface area (Å²) in [5, 5.41) is 0. The maximum atomic E-state index is 4.15. The van der Waals surface area contributed by atoms with Gasteiger partial charge in [-0.15, -0.1) is 0 Å². The van der Waals surface area contributed by atoms with Crippen LogP contribution in [0.4, 0.5) is 0 Å². The summed E-state index contributed by atoms with van der Waals surface area (Å²) in [6.45, 7) is 3.24. The van der Waals surface area contributed by atoms with Gasteiger partial charge in [0, 0.05) is 19.3 Å². The van der Waals surface area contributed by atoms with Gasteiger partial charge in [0.1, 0.15) is 0 Å². The first-order valence-electron chi connectivity index (χ1n) is 3.06. The quantitative estimate of drug-likeness (QED) is 0.442. The third-order valence-corrected chi connectivity index (χ3v) is 1.35. The molecule has 0 aromatic carbocycles. The highest BCUT2D eigenvalue weighted by molar-refractivity contribution is 5.59. The smallest absolute Gasteiger partial charge is 0.0398 e. The van der Waals surface area contributed by atoms with Crippen LogP contribution in [0.5, 0.6) is 0 Å². The fraction of sp³-hybridized carbons (Fsp3) is 0.833. The van der Waals surface area contributed by atoms with E-state index in [4.69, 9.17) is 0 Å². The molecule has 0 unspecified atom stereocenters. The minimum absolute atomic E-state index is 1.02. The molecule has 0 saturated carbocycles. The van der Waals surface area contributed by atoms with Crippen molar-refractivity contribution in [1.29, 1.82) is 0 Å². The maximum Gasteiger partial charge on any atom is 0.0398 e. The first-order chi connectivity index (χ1) is 3.89. The molecule has 2 heteroatoms. The lowest BCUT2D eigenvalue weighted by Gasteiger charge is -2.08. The van der Waals surface area contributed by atoms with Gasteiger partial charge in [0.05, 0.1) is 0 Å². The van der Waals surface area contributed by atoms with Gasteiger partial charge in [0.15, 0.2) is 0 Å². The molecule has 1 aliphatic heterocycles. The highest BCUT2D eigenvalue weighted by Gasteiger charge is 1.96. The molecule has 0 N–H and O–H groups in total. The fourth-order valence-electron chi connectivity index (χ4n) is 0.812. The summed E-state index contributed by atoms with van der Waals surface area (Å²) in [5.41, 5.74) is 0. The van der Waals surface area contributed by atoms with Crippen LogP contribution in [0.2, 0.25) is 0 Å². The Bertz CT molecular complexity index is 88.5. The highest BCUT2D eigenvalue weighted by atomic mass is 15.1. The summed E-state index contributed by atoms with van der Waals surface area (Å²) in [7, 11) is 2.12. The molecule has 46 valence electrons. The molecule has 1 aliphatic rings. The second kappa shape index (κ2) is 2.82.